The summed E-state index contributed by atoms with van der Waals surface area (Å²) in [6, 6.07) is 10.3. The van der Waals surface area contributed by atoms with E-state index in [-0.39, 0.29) is 5.82 Å². The molecule has 112 valence electrons. The first kappa shape index (κ1) is 15.2. The van der Waals surface area contributed by atoms with Crippen molar-refractivity contribution in [3.8, 4) is 0 Å². The quantitative estimate of drug-likeness (QED) is 0.729. The molecule has 0 spiro atoms. The molecule has 0 aliphatic rings. The summed E-state index contributed by atoms with van der Waals surface area (Å²) in [6.45, 7) is 4.51. The zero-order valence-electron chi connectivity index (χ0n) is 12.4. The summed E-state index contributed by atoms with van der Waals surface area (Å²) in [4.78, 5) is 17.6. The van der Waals surface area contributed by atoms with Gasteiger partial charge in [-0.2, -0.15) is 0 Å². The molecule has 1 aromatic heterocycles. The molecule has 0 saturated carbocycles. The van der Waals surface area contributed by atoms with Gasteiger partial charge in [-0.3, -0.25) is 4.90 Å². The first-order valence-corrected chi connectivity index (χ1v) is 6.97. The fraction of sp³-hybridized carbons (Fsp3) is 0.400. The summed E-state index contributed by atoms with van der Waals surface area (Å²) >= 11 is 0. The van der Waals surface area contributed by atoms with E-state index in [4.69, 9.17) is 0 Å². The summed E-state index contributed by atoms with van der Waals surface area (Å²) in [7, 11) is 1.32. The lowest BCUT2D eigenvalue weighted by molar-refractivity contribution is 0.0585. The maximum Gasteiger partial charge on any atom is 0.377 e. The average Bonchev–Trinajstić information content (AvgIpc) is 2.96. The van der Waals surface area contributed by atoms with Crippen molar-refractivity contribution < 1.29 is 9.53 Å². The summed E-state index contributed by atoms with van der Waals surface area (Å²) in [5.41, 5.74) is 1.25. The van der Waals surface area contributed by atoms with Crippen LogP contribution in [-0.4, -0.2) is 39.3 Å². The number of carbonyl (C=O) groups excluding carboxylic acids is 1. The molecule has 6 nitrogen and oxygen atoms in total. The number of nitrogens with zero attached hydrogens (tertiary/aromatic N) is 4. The molecule has 0 fully saturated rings. The van der Waals surface area contributed by atoms with Gasteiger partial charge in [-0.15, -0.1) is 5.10 Å². The number of esters is 1. The Hall–Kier alpha value is -2.21. The van der Waals surface area contributed by atoms with Gasteiger partial charge in [0.2, 0.25) is 0 Å². The molecule has 0 bridgehead atoms. The van der Waals surface area contributed by atoms with E-state index in [1.54, 1.807) is 11.0 Å². The van der Waals surface area contributed by atoms with Crippen molar-refractivity contribution in [2.45, 2.75) is 26.6 Å². The Kier molecular flexibility index (Phi) is 5.45. The van der Waals surface area contributed by atoms with Gasteiger partial charge in [0, 0.05) is 6.54 Å². The van der Waals surface area contributed by atoms with Gasteiger partial charge in [0.05, 0.1) is 13.8 Å². The Morgan fingerprint density at radius 2 is 2.10 bits per heavy atom. The predicted octanol–water partition coefficient (Wildman–Crippen LogP) is 1.93. The number of methoxy groups -OCH3 is 1. The monoisotopic (exact) mass is 288 g/mol. The molecular weight excluding hydrogens is 268 g/mol. The van der Waals surface area contributed by atoms with E-state index in [0.717, 1.165) is 19.5 Å². The maximum absolute atomic E-state index is 11.4. The Morgan fingerprint density at radius 1 is 1.33 bits per heavy atom. The Bertz CT molecular complexity index is 568. The first-order chi connectivity index (χ1) is 10.2. The van der Waals surface area contributed by atoms with E-state index < -0.39 is 5.97 Å². The molecule has 0 aliphatic heterocycles. The van der Waals surface area contributed by atoms with Crippen LogP contribution in [0.1, 0.15) is 29.5 Å². The molecule has 0 amide bonds. The SMILES string of the molecule is CCCN(Cc1ccccc1)Cn1cnc(C(=O)OC)n1. The molecule has 2 rings (SSSR count). The lowest BCUT2D eigenvalue weighted by atomic mass is 10.2. The Balaban J connectivity index is 2.02. The summed E-state index contributed by atoms with van der Waals surface area (Å²) in [6.07, 6.45) is 2.60. The minimum absolute atomic E-state index is 0.0914. The van der Waals surface area contributed by atoms with Gasteiger partial charge in [0.1, 0.15) is 6.33 Å². The Labute approximate surface area is 124 Å². The highest BCUT2D eigenvalue weighted by Crippen LogP contribution is 2.06. The van der Waals surface area contributed by atoms with Crippen LogP contribution in [-0.2, 0) is 18.0 Å². The second-order valence-corrected chi connectivity index (χ2v) is 4.78. The van der Waals surface area contributed by atoms with Crippen molar-refractivity contribution in [2.75, 3.05) is 13.7 Å². The molecule has 21 heavy (non-hydrogen) atoms. The van der Waals surface area contributed by atoms with E-state index in [2.05, 4.69) is 38.8 Å². The van der Waals surface area contributed by atoms with Crippen LogP contribution in [0.25, 0.3) is 0 Å². The Morgan fingerprint density at radius 3 is 2.76 bits per heavy atom. The molecule has 0 atom stereocenters. The van der Waals surface area contributed by atoms with Crippen molar-refractivity contribution in [1.82, 2.24) is 19.7 Å². The van der Waals surface area contributed by atoms with Crippen LogP contribution in [0.2, 0.25) is 0 Å². The van der Waals surface area contributed by atoms with Gasteiger partial charge in [-0.1, -0.05) is 37.3 Å². The van der Waals surface area contributed by atoms with Crippen LogP contribution in [0, 0.1) is 0 Å². The fourth-order valence-corrected chi connectivity index (χ4v) is 2.11. The zero-order chi connectivity index (χ0) is 15.1. The third-order valence-corrected chi connectivity index (χ3v) is 3.04. The minimum Gasteiger partial charge on any atom is -0.463 e. The number of hydrogen-bond donors (Lipinski definition) is 0. The molecule has 2 aromatic rings. The molecule has 0 unspecified atom stereocenters. The number of aromatic nitrogens is 3. The largest absolute Gasteiger partial charge is 0.463 e. The number of benzene rings is 1. The highest BCUT2D eigenvalue weighted by Gasteiger charge is 2.13. The second-order valence-electron chi connectivity index (χ2n) is 4.78. The van der Waals surface area contributed by atoms with Crippen LogP contribution in [0.15, 0.2) is 36.7 Å². The van der Waals surface area contributed by atoms with Crippen molar-refractivity contribution in [3.05, 3.63) is 48.0 Å². The van der Waals surface area contributed by atoms with Crippen LogP contribution in [0.3, 0.4) is 0 Å². The van der Waals surface area contributed by atoms with Crippen LogP contribution < -0.4 is 0 Å². The van der Waals surface area contributed by atoms with E-state index in [0.29, 0.717) is 6.67 Å². The fourth-order valence-electron chi connectivity index (χ4n) is 2.11. The van der Waals surface area contributed by atoms with Crippen molar-refractivity contribution in [3.63, 3.8) is 0 Å². The van der Waals surface area contributed by atoms with E-state index in [1.165, 1.54) is 12.7 Å². The van der Waals surface area contributed by atoms with E-state index in [9.17, 15) is 4.79 Å². The molecule has 0 radical (unpaired) electrons. The minimum atomic E-state index is -0.515. The van der Waals surface area contributed by atoms with Gasteiger partial charge in [0.15, 0.2) is 0 Å². The second kappa shape index (κ2) is 7.54. The predicted molar refractivity (Wildman–Crippen MR) is 78.5 cm³/mol. The number of carbonyl (C=O) groups is 1. The third kappa shape index (κ3) is 4.39. The summed E-state index contributed by atoms with van der Waals surface area (Å²) < 4.78 is 6.26. The third-order valence-electron chi connectivity index (χ3n) is 3.04. The van der Waals surface area contributed by atoms with Gasteiger partial charge in [-0.05, 0) is 18.5 Å². The lowest BCUT2D eigenvalue weighted by Crippen LogP contribution is -2.27. The normalized spacial score (nSPS) is 10.8. The van der Waals surface area contributed by atoms with Crippen LogP contribution >= 0.6 is 0 Å². The number of hydrogen-bond acceptors (Lipinski definition) is 5. The average molecular weight is 288 g/mol. The molecule has 1 heterocycles. The van der Waals surface area contributed by atoms with Gasteiger partial charge in [-0.25, -0.2) is 14.5 Å². The van der Waals surface area contributed by atoms with Crippen molar-refractivity contribution in [1.29, 1.82) is 0 Å². The van der Waals surface area contributed by atoms with E-state index >= 15 is 0 Å². The van der Waals surface area contributed by atoms with Crippen LogP contribution in [0.5, 0.6) is 0 Å². The van der Waals surface area contributed by atoms with Crippen LogP contribution in [0.4, 0.5) is 0 Å². The molecule has 0 N–H and O–H groups in total. The van der Waals surface area contributed by atoms with Crippen molar-refractivity contribution in [2.24, 2.45) is 0 Å². The lowest BCUT2D eigenvalue weighted by Gasteiger charge is -2.21. The number of rotatable bonds is 7. The zero-order valence-corrected chi connectivity index (χ0v) is 12.4. The first-order valence-electron chi connectivity index (χ1n) is 6.97. The van der Waals surface area contributed by atoms with E-state index in [1.807, 2.05) is 18.2 Å². The smallest absolute Gasteiger partial charge is 0.377 e. The van der Waals surface area contributed by atoms with Gasteiger partial charge >= 0.3 is 5.97 Å². The summed E-state index contributed by atoms with van der Waals surface area (Å²) in [5.74, 6) is -0.424. The van der Waals surface area contributed by atoms with Gasteiger partial charge in [0.25, 0.3) is 5.82 Å². The summed E-state index contributed by atoms with van der Waals surface area (Å²) in [5, 5.41) is 4.13. The standard InChI is InChI=1S/C15H20N4O2/c1-3-9-18(10-13-7-5-4-6-8-13)12-19-11-16-14(17-19)15(20)21-2/h4-8,11H,3,9-10,12H2,1-2H3. The molecule has 6 heteroatoms. The molecule has 0 saturated heterocycles. The number of ether oxygens (including phenoxy) is 1. The molecule has 1 aromatic carbocycles. The van der Waals surface area contributed by atoms with Gasteiger partial charge < -0.3 is 4.74 Å². The topological polar surface area (TPSA) is 60.2 Å². The highest BCUT2D eigenvalue weighted by molar-refractivity contribution is 5.84. The molecular formula is C15H20N4O2. The highest BCUT2D eigenvalue weighted by atomic mass is 16.5. The van der Waals surface area contributed by atoms with Crippen molar-refractivity contribution >= 4 is 5.97 Å². The molecule has 0 aliphatic carbocycles. The maximum atomic E-state index is 11.4.